The van der Waals surface area contributed by atoms with Crippen LogP contribution in [0.4, 0.5) is 23.5 Å². The first-order valence-corrected chi connectivity index (χ1v) is 31.9. The predicted molar refractivity (Wildman–Crippen MR) is 394 cm³/mol. The van der Waals surface area contributed by atoms with Gasteiger partial charge in [0, 0.05) is 24.5 Å². The van der Waals surface area contributed by atoms with Crippen molar-refractivity contribution >= 4 is 93.0 Å². The highest BCUT2D eigenvalue weighted by Crippen LogP contribution is 2.24. The zero-order valence-electron chi connectivity index (χ0n) is 54.5. The number of rotatable bonds is 20. The average Bonchev–Trinajstić information content (AvgIpc) is 0.904. The van der Waals surface area contributed by atoms with Crippen LogP contribution in [0.25, 0.3) is 0 Å². The number of halogens is 5. The lowest BCUT2D eigenvalue weighted by molar-refractivity contribution is 0.0725. The molecule has 0 spiro atoms. The molecule has 0 aliphatic carbocycles. The number of ether oxygens (including phenoxy) is 10. The number of carbonyl (C=O) groups excluding carboxylic acids is 5. The van der Waals surface area contributed by atoms with Crippen LogP contribution in [0.5, 0.6) is 57.5 Å². The Hall–Kier alpha value is -10.1. The maximum absolute atomic E-state index is 11.9. The summed E-state index contributed by atoms with van der Waals surface area (Å²) in [5.41, 5.74) is 2.42. The van der Waals surface area contributed by atoms with Gasteiger partial charge >= 0.3 is 29.8 Å². The van der Waals surface area contributed by atoms with E-state index in [1.165, 1.54) is 0 Å². The van der Waals surface area contributed by atoms with Gasteiger partial charge in [0.15, 0.2) is 0 Å². The Balaban J connectivity index is 0.000000617. The van der Waals surface area contributed by atoms with Gasteiger partial charge in [-0.25, -0.2) is 24.0 Å². The summed E-state index contributed by atoms with van der Waals surface area (Å²) in [6.45, 7) is 12.5. The Morgan fingerprint density at radius 2 is 0.310 bits per heavy atom. The molecule has 15 nitrogen and oxygen atoms in total. The topological polar surface area (TPSA) is 178 Å². The number of thiol groups is 5. The lowest BCUT2D eigenvalue weighted by atomic mass is 10.2. The molecule has 0 unspecified atom stereocenters. The van der Waals surface area contributed by atoms with Crippen LogP contribution in [0.2, 0.25) is 0 Å². The number of hydrogen-bond donors (Lipinski definition) is 5. The molecule has 0 heterocycles. The first-order chi connectivity index (χ1) is 45.9. The number of hydrogen-bond acceptors (Lipinski definition) is 20. The molecule has 0 fully saturated rings. The van der Waals surface area contributed by atoms with Crippen molar-refractivity contribution in [2.24, 2.45) is 0 Å². The zero-order valence-corrected chi connectivity index (χ0v) is 59.0. The van der Waals surface area contributed by atoms with Crippen LogP contribution >= 0.6 is 63.1 Å². The number of carbonyl (C=O) groups is 5. The molecule has 0 atom stereocenters. The highest BCUT2D eigenvalue weighted by molar-refractivity contribution is 7.81. The van der Waals surface area contributed by atoms with E-state index in [4.69, 9.17) is 47.4 Å². The highest BCUT2D eigenvalue weighted by Gasteiger charge is 2.14. The van der Waals surface area contributed by atoms with Gasteiger partial charge in [-0.3, -0.25) is 23.5 Å². The summed E-state index contributed by atoms with van der Waals surface area (Å²) >= 11 is 20.8. The van der Waals surface area contributed by atoms with Crippen molar-refractivity contribution in [2.75, 3.05) is 33.0 Å². The highest BCUT2D eigenvalue weighted by atomic mass is 32.1. The lowest BCUT2D eigenvalue weighted by Crippen LogP contribution is -2.08. The van der Waals surface area contributed by atoms with E-state index in [1.54, 1.807) is 243 Å². The molecule has 0 N–H and O–H groups in total. The fraction of sp³-hybridized carbons (Fsp3) is 0.133. The summed E-state index contributed by atoms with van der Waals surface area (Å²) in [6.07, 6.45) is 0. The van der Waals surface area contributed by atoms with Gasteiger partial charge < -0.3 is 47.4 Å². The molecule has 0 saturated carbocycles. The van der Waals surface area contributed by atoms with Gasteiger partial charge in [-0.15, -0.1) is 63.1 Å². The second-order valence-electron chi connectivity index (χ2n) is 19.2. The molecule has 10 aromatic rings. The van der Waals surface area contributed by atoms with E-state index >= 15 is 0 Å². The molecule has 100 heavy (non-hydrogen) atoms. The Bertz CT molecular complexity index is 3370. The summed E-state index contributed by atoms with van der Waals surface area (Å²) in [7, 11) is 0. The Morgan fingerprint density at radius 3 is 0.420 bits per heavy atom. The van der Waals surface area contributed by atoms with E-state index < -0.39 is 29.8 Å². The minimum Gasteiger partial charge on any atom is -0.494 e. The van der Waals surface area contributed by atoms with Gasteiger partial charge in [0.1, 0.15) is 57.5 Å². The Labute approximate surface area is 604 Å². The largest absolute Gasteiger partial charge is 0.494 e. The van der Waals surface area contributed by atoms with E-state index in [-0.39, 0.29) is 23.5 Å². The van der Waals surface area contributed by atoms with E-state index in [9.17, 15) is 24.0 Å². The predicted octanol–water partition coefficient (Wildman–Crippen LogP) is 18.7. The minimum absolute atomic E-state index is 0. The standard InChI is InChI=1S/5C15H14O3S.5FH/c5*1-2-17-12-5-3-11(4-6-12)15(16)18-13-7-9-14(19)10-8-13;;;;;/h5*3-10,19H,2H2,1H3;5*1H. The van der Waals surface area contributed by atoms with Gasteiger partial charge in [0.05, 0.1) is 60.9 Å². The van der Waals surface area contributed by atoms with Crippen LogP contribution in [-0.4, -0.2) is 62.9 Å². The first-order valence-electron chi connectivity index (χ1n) is 29.6. The fourth-order valence-corrected chi connectivity index (χ4v) is 8.42. The van der Waals surface area contributed by atoms with Gasteiger partial charge in [-0.1, -0.05) is 0 Å². The van der Waals surface area contributed by atoms with Crippen molar-refractivity contribution in [3.05, 3.63) is 270 Å². The van der Waals surface area contributed by atoms with E-state index in [0.29, 0.717) is 89.6 Å². The van der Waals surface area contributed by atoms with E-state index in [2.05, 4.69) is 63.1 Å². The molecule has 0 saturated heterocycles. The van der Waals surface area contributed by atoms with Crippen LogP contribution in [0, 0.1) is 0 Å². The van der Waals surface area contributed by atoms with Crippen molar-refractivity contribution in [2.45, 2.75) is 59.1 Å². The van der Waals surface area contributed by atoms with Gasteiger partial charge in [0.2, 0.25) is 0 Å². The minimum atomic E-state index is -0.394. The summed E-state index contributed by atoms with van der Waals surface area (Å²) in [4.78, 5) is 63.5. The third-order valence-corrected chi connectivity index (χ3v) is 13.7. The Morgan fingerprint density at radius 1 is 0.200 bits per heavy atom. The number of esters is 5. The Kier molecular flexibility index (Phi) is 42.1. The molecule has 10 aromatic carbocycles. The van der Waals surface area contributed by atoms with Crippen LogP contribution in [-0.2, 0) is 0 Å². The third kappa shape index (κ3) is 31.6. The summed E-state index contributed by atoms with van der Waals surface area (Å²) in [5, 5.41) is 0. The lowest BCUT2D eigenvalue weighted by Gasteiger charge is -2.06. The third-order valence-electron chi connectivity index (χ3n) is 12.2. The number of benzene rings is 10. The van der Waals surface area contributed by atoms with Crippen LogP contribution < -0.4 is 47.4 Å². The molecule has 0 aliphatic rings. The molecule has 0 amide bonds. The van der Waals surface area contributed by atoms with Crippen molar-refractivity contribution in [3.8, 4) is 57.5 Å². The van der Waals surface area contributed by atoms with E-state index in [1.807, 2.05) is 34.6 Å². The summed E-state index contributed by atoms with van der Waals surface area (Å²) < 4.78 is 52.8. The second-order valence-corrected chi connectivity index (χ2v) is 21.8. The summed E-state index contributed by atoms with van der Waals surface area (Å²) in [5.74, 6) is 4.19. The summed E-state index contributed by atoms with van der Waals surface area (Å²) in [6, 6.07) is 69.0. The van der Waals surface area contributed by atoms with E-state index in [0.717, 1.165) is 53.2 Å². The van der Waals surface area contributed by atoms with Gasteiger partial charge in [-0.05, 0) is 277 Å². The first kappa shape index (κ1) is 88.0. The molecule has 0 radical (unpaired) electrons. The molecule has 530 valence electrons. The molecule has 0 bridgehead atoms. The quantitative estimate of drug-likeness (QED) is 0.0211. The molecule has 0 aromatic heterocycles. The van der Waals surface area contributed by atoms with Crippen LogP contribution in [0.1, 0.15) is 86.4 Å². The molecular formula is C75H75F5O15S5. The molecular weight excluding hydrogens is 1400 g/mol. The van der Waals surface area contributed by atoms with Crippen LogP contribution in [0.15, 0.2) is 267 Å². The van der Waals surface area contributed by atoms with Crippen molar-refractivity contribution < 1.29 is 94.9 Å². The maximum Gasteiger partial charge on any atom is 0.343 e. The smallest absolute Gasteiger partial charge is 0.343 e. The zero-order chi connectivity index (χ0) is 68.3. The molecule has 0 aliphatic heterocycles. The molecule has 25 heteroatoms. The van der Waals surface area contributed by atoms with Crippen LogP contribution in [0.3, 0.4) is 0 Å². The monoisotopic (exact) mass is 1470 g/mol. The van der Waals surface area contributed by atoms with Crippen molar-refractivity contribution in [1.29, 1.82) is 0 Å². The van der Waals surface area contributed by atoms with Gasteiger partial charge in [-0.2, -0.15) is 0 Å². The average molecular weight is 1470 g/mol. The van der Waals surface area contributed by atoms with Gasteiger partial charge in [0.25, 0.3) is 0 Å². The maximum atomic E-state index is 11.9. The second kappa shape index (κ2) is 47.8. The van der Waals surface area contributed by atoms with Crippen molar-refractivity contribution in [3.63, 3.8) is 0 Å². The SMILES string of the molecule is CCOc1ccc(C(=O)Oc2ccc(S)cc2)cc1.CCOc1ccc(C(=O)Oc2ccc(S)cc2)cc1.CCOc1ccc(C(=O)Oc2ccc(S)cc2)cc1.CCOc1ccc(C(=O)Oc2ccc(S)cc2)cc1.CCOc1ccc(C(=O)Oc2ccc(S)cc2)cc1.F.F.F.F.F. The normalized spacial score (nSPS) is 9.50. The van der Waals surface area contributed by atoms with Crippen molar-refractivity contribution in [1.82, 2.24) is 0 Å². The molecule has 10 rings (SSSR count). The fourth-order valence-electron chi connectivity index (χ4n) is 7.67.